The van der Waals surface area contributed by atoms with Crippen LogP contribution >= 0.6 is 0 Å². The fourth-order valence-corrected chi connectivity index (χ4v) is 3.23. The highest BCUT2D eigenvalue weighted by atomic mass is 28.4. The van der Waals surface area contributed by atoms with Crippen molar-refractivity contribution < 1.29 is 19.0 Å². The van der Waals surface area contributed by atoms with E-state index < -0.39 is 14.1 Å². The van der Waals surface area contributed by atoms with Crippen molar-refractivity contribution in [1.29, 1.82) is 0 Å². The van der Waals surface area contributed by atoms with Gasteiger partial charge in [-0.1, -0.05) is 20.8 Å². The first kappa shape index (κ1) is 18.1. The molecule has 1 heterocycles. The van der Waals surface area contributed by atoms with Crippen LogP contribution in [0.4, 0.5) is 0 Å². The van der Waals surface area contributed by atoms with Crippen molar-refractivity contribution in [1.82, 2.24) is 0 Å². The molecule has 4 nitrogen and oxygen atoms in total. The number of aliphatic hydroxyl groups is 1. The van der Waals surface area contributed by atoms with Gasteiger partial charge < -0.3 is 19.0 Å². The quantitative estimate of drug-likeness (QED) is 0.792. The van der Waals surface area contributed by atoms with Crippen LogP contribution in [-0.4, -0.2) is 44.6 Å². The molecule has 0 bridgehead atoms. The number of hydrogen-bond donors (Lipinski definition) is 1. The Balaban J connectivity index is 2.45. The average Bonchev–Trinajstić information content (AvgIpc) is 2.25. The van der Waals surface area contributed by atoms with E-state index in [0.717, 1.165) is 19.4 Å². The predicted molar refractivity (Wildman–Crippen MR) is 83.3 cm³/mol. The van der Waals surface area contributed by atoms with Crippen LogP contribution in [0.1, 0.15) is 47.5 Å². The molecule has 2 atom stereocenters. The van der Waals surface area contributed by atoms with E-state index in [1.54, 1.807) is 0 Å². The van der Waals surface area contributed by atoms with Gasteiger partial charge in [0.1, 0.15) is 0 Å². The summed E-state index contributed by atoms with van der Waals surface area (Å²) >= 11 is 0. The molecule has 0 radical (unpaired) electrons. The molecule has 1 fully saturated rings. The van der Waals surface area contributed by atoms with Crippen LogP contribution in [0.2, 0.25) is 18.1 Å². The first-order valence-electron chi connectivity index (χ1n) is 7.57. The van der Waals surface area contributed by atoms with Crippen LogP contribution in [0.5, 0.6) is 0 Å². The van der Waals surface area contributed by atoms with Crippen LogP contribution in [0.15, 0.2) is 0 Å². The molecule has 0 aliphatic carbocycles. The maximum atomic E-state index is 9.30. The Bertz CT molecular complexity index is 309. The minimum Gasteiger partial charge on any atom is -0.417 e. The summed E-state index contributed by atoms with van der Waals surface area (Å²) < 4.78 is 17.7. The summed E-state index contributed by atoms with van der Waals surface area (Å²) in [6.07, 6.45) is 1.56. The molecular formula is C15H32O4Si. The van der Waals surface area contributed by atoms with Crippen molar-refractivity contribution in [3.05, 3.63) is 0 Å². The summed E-state index contributed by atoms with van der Waals surface area (Å²) in [6, 6.07) is 0. The number of ether oxygens (including phenoxy) is 2. The Morgan fingerprint density at radius 3 is 2.25 bits per heavy atom. The summed E-state index contributed by atoms with van der Waals surface area (Å²) in [5.41, 5.74) is 0. The molecule has 20 heavy (non-hydrogen) atoms. The van der Waals surface area contributed by atoms with Crippen molar-refractivity contribution in [3.8, 4) is 0 Å². The summed E-state index contributed by atoms with van der Waals surface area (Å²) in [5.74, 6) is -0.618. The minimum absolute atomic E-state index is 0.0480. The molecule has 120 valence electrons. The zero-order valence-corrected chi connectivity index (χ0v) is 15.2. The van der Waals surface area contributed by atoms with Gasteiger partial charge in [-0.2, -0.15) is 0 Å². The second kappa shape index (κ2) is 6.44. The van der Waals surface area contributed by atoms with Gasteiger partial charge in [0, 0.05) is 13.0 Å². The van der Waals surface area contributed by atoms with Crippen LogP contribution in [0.3, 0.4) is 0 Å². The molecule has 1 aliphatic rings. The summed E-state index contributed by atoms with van der Waals surface area (Å²) in [6.45, 7) is 15.8. The normalized spacial score (nSPS) is 27.6. The fraction of sp³-hybridized carbons (Fsp3) is 1.00. The average molecular weight is 305 g/mol. The molecule has 0 amide bonds. The zero-order chi connectivity index (χ0) is 15.6. The summed E-state index contributed by atoms with van der Waals surface area (Å²) in [5, 5.41) is 9.53. The second-order valence-electron chi connectivity index (χ2n) is 7.70. The smallest absolute Gasteiger partial charge is 0.191 e. The lowest BCUT2D eigenvalue weighted by Gasteiger charge is -2.41. The monoisotopic (exact) mass is 304 g/mol. The Kier molecular flexibility index (Phi) is 5.83. The van der Waals surface area contributed by atoms with E-state index in [-0.39, 0.29) is 23.9 Å². The molecule has 0 saturated carbocycles. The van der Waals surface area contributed by atoms with Gasteiger partial charge in [0.2, 0.25) is 0 Å². The van der Waals surface area contributed by atoms with E-state index in [1.165, 1.54) is 0 Å². The Hall–Kier alpha value is 0.0569. The molecule has 1 aliphatic heterocycles. The molecule has 0 unspecified atom stereocenters. The molecule has 0 aromatic heterocycles. The second-order valence-corrected chi connectivity index (χ2v) is 12.5. The fourth-order valence-electron chi connectivity index (χ4n) is 2.17. The van der Waals surface area contributed by atoms with Crippen molar-refractivity contribution in [2.45, 2.75) is 83.6 Å². The van der Waals surface area contributed by atoms with Gasteiger partial charge in [-0.15, -0.1) is 0 Å². The van der Waals surface area contributed by atoms with Gasteiger partial charge in [0.15, 0.2) is 14.1 Å². The van der Waals surface area contributed by atoms with Gasteiger partial charge in [0.05, 0.1) is 18.8 Å². The third kappa shape index (κ3) is 5.11. The highest BCUT2D eigenvalue weighted by Gasteiger charge is 2.38. The van der Waals surface area contributed by atoms with Gasteiger partial charge in [-0.25, -0.2) is 0 Å². The Labute approximate surface area is 124 Å². The van der Waals surface area contributed by atoms with Crippen molar-refractivity contribution in [3.63, 3.8) is 0 Å². The third-order valence-corrected chi connectivity index (χ3v) is 8.88. The first-order valence-corrected chi connectivity index (χ1v) is 10.5. The topological polar surface area (TPSA) is 47.9 Å². The molecule has 0 aromatic rings. The Morgan fingerprint density at radius 2 is 1.75 bits per heavy atom. The lowest BCUT2D eigenvalue weighted by Crippen LogP contribution is -2.47. The molecule has 0 aromatic carbocycles. The number of hydrogen-bond acceptors (Lipinski definition) is 4. The van der Waals surface area contributed by atoms with Crippen molar-refractivity contribution in [2.24, 2.45) is 0 Å². The zero-order valence-electron chi connectivity index (χ0n) is 14.2. The van der Waals surface area contributed by atoms with Crippen LogP contribution in [0.25, 0.3) is 0 Å². The highest BCUT2D eigenvalue weighted by molar-refractivity contribution is 6.74. The van der Waals surface area contributed by atoms with Gasteiger partial charge in [0.25, 0.3) is 0 Å². The van der Waals surface area contributed by atoms with Gasteiger partial charge >= 0.3 is 0 Å². The van der Waals surface area contributed by atoms with Crippen LogP contribution in [-0.2, 0) is 13.9 Å². The standard InChI is InChI=1S/C15H32O4Si/c1-14(2,3)20(6,7)17-9-8-12-10-13(11-16)19-15(4,5)18-12/h12-13,16H,8-11H2,1-7H3/t12-,13-/m1/s1. The molecule has 1 saturated heterocycles. The summed E-state index contributed by atoms with van der Waals surface area (Å²) in [4.78, 5) is 0. The van der Waals surface area contributed by atoms with Crippen molar-refractivity contribution >= 4 is 8.32 Å². The lowest BCUT2D eigenvalue weighted by molar-refractivity contribution is -0.305. The minimum atomic E-state index is -1.69. The molecule has 1 N–H and O–H groups in total. The first-order chi connectivity index (χ1) is 8.97. The molecule has 1 rings (SSSR count). The maximum Gasteiger partial charge on any atom is 0.191 e. The number of aliphatic hydroxyl groups excluding tert-OH is 1. The number of rotatable bonds is 5. The molecular weight excluding hydrogens is 272 g/mol. The maximum absolute atomic E-state index is 9.30. The summed E-state index contributed by atoms with van der Waals surface area (Å²) in [7, 11) is -1.69. The highest BCUT2D eigenvalue weighted by Crippen LogP contribution is 2.37. The third-order valence-electron chi connectivity index (χ3n) is 4.34. The Morgan fingerprint density at radius 1 is 1.20 bits per heavy atom. The van der Waals surface area contributed by atoms with E-state index >= 15 is 0 Å². The predicted octanol–water partition coefficient (Wildman–Crippen LogP) is 3.30. The van der Waals surface area contributed by atoms with Crippen molar-refractivity contribution in [2.75, 3.05) is 13.2 Å². The van der Waals surface area contributed by atoms with Crippen LogP contribution < -0.4 is 0 Å². The molecule has 0 spiro atoms. The van der Waals surface area contributed by atoms with E-state index in [0.29, 0.717) is 0 Å². The largest absolute Gasteiger partial charge is 0.417 e. The van der Waals surface area contributed by atoms with E-state index in [1.807, 2.05) is 13.8 Å². The lowest BCUT2D eigenvalue weighted by atomic mass is 10.1. The van der Waals surface area contributed by atoms with Gasteiger partial charge in [-0.05, 0) is 38.4 Å². The van der Waals surface area contributed by atoms with Crippen LogP contribution in [0, 0.1) is 0 Å². The van der Waals surface area contributed by atoms with E-state index in [2.05, 4.69) is 33.9 Å². The molecule has 5 heteroatoms. The van der Waals surface area contributed by atoms with E-state index in [4.69, 9.17) is 13.9 Å². The SMILES string of the molecule is CC1(C)O[C@H](CCO[Si](C)(C)C(C)(C)C)C[C@H](CO)O1. The van der Waals surface area contributed by atoms with E-state index in [9.17, 15) is 5.11 Å². The van der Waals surface area contributed by atoms with Gasteiger partial charge in [-0.3, -0.25) is 0 Å².